The zero-order valence-corrected chi connectivity index (χ0v) is 17.1. The zero-order valence-electron chi connectivity index (χ0n) is 16.3. The number of hydrogen-bond acceptors (Lipinski definition) is 6. The van der Waals surface area contributed by atoms with Gasteiger partial charge in [0, 0.05) is 12.2 Å². The predicted octanol–water partition coefficient (Wildman–Crippen LogP) is 1.39. The first kappa shape index (κ1) is 19.4. The van der Waals surface area contributed by atoms with Crippen LogP contribution in [-0.4, -0.2) is 40.2 Å². The second-order valence-electron chi connectivity index (χ2n) is 8.08. The largest absolute Gasteiger partial charge is 0.391 e. The van der Waals surface area contributed by atoms with Crippen molar-refractivity contribution in [1.82, 2.24) is 19.3 Å². The fourth-order valence-electron chi connectivity index (χ4n) is 4.81. The summed E-state index contributed by atoms with van der Waals surface area (Å²) in [6.45, 7) is 0. The van der Waals surface area contributed by atoms with Gasteiger partial charge in [0.05, 0.1) is 23.6 Å². The minimum Gasteiger partial charge on any atom is -0.391 e. The Morgan fingerprint density at radius 2 is 2.00 bits per heavy atom. The third-order valence-corrected chi connectivity index (χ3v) is 6.80. The van der Waals surface area contributed by atoms with Crippen LogP contribution in [0.1, 0.15) is 42.5 Å². The van der Waals surface area contributed by atoms with Crippen LogP contribution in [0.3, 0.4) is 0 Å². The number of benzene rings is 1. The molecule has 0 aliphatic heterocycles. The van der Waals surface area contributed by atoms with Gasteiger partial charge in [0.2, 0.25) is 0 Å². The van der Waals surface area contributed by atoms with Crippen molar-refractivity contribution in [3.8, 4) is 0 Å². The second-order valence-corrected chi connectivity index (χ2v) is 9.40. The summed E-state index contributed by atoms with van der Waals surface area (Å²) in [5.74, 6) is 0.776. The molecule has 3 aromatic rings. The fraction of sp³-hybridized carbons (Fsp3) is 0.400. The first-order valence-corrected chi connectivity index (χ1v) is 11.6. The Kier molecular flexibility index (Phi) is 4.73. The molecule has 5 rings (SSSR count). The summed E-state index contributed by atoms with van der Waals surface area (Å²) in [5, 5.41) is 19.8. The highest BCUT2D eigenvalue weighted by Crippen LogP contribution is 2.37. The van der Waals surface area contributed by atoms with E-state index in [1.807, 2.05) is 16.8 Å². The Bertz CT molecular complexity index is 1190. The van der Waals surface area contributed by atoms with Crippen LogP contribution in [0, 0.1) is 0 Å². The molecular weight excluding hydrogens is 404 g/mol. The smallest absolute Gasteiger partial charge is 0.274 e. The molecular formula is C20H24N6O3S. The quantitative estimate of drug-likeness (QED) is 0.485. The first-order chi connectivity index (χ1) is 14.4. The number of aryl methyl sites for hydroxylation is 1. The number of aromatic nitrogens is 3. The lowest BCUT2D eigenvalue weighted by Crippen LogP contribution is -2.43. The highest BCUT2D eigenvalue weighted by atomic mass is 32.2. The molecule has 10 heteroatoms. The highest BCUT2D eigenvalue weighted by molar-refractivity contribution is 7.87. The molecule has 9 nitrogen and oxygen atoms in total. The van der Waals surface area contributed by atoms with E-state index in [0.717, 1.165) is 29.7 Å². The van der Waals surface area contributed by atoms with Crippen molar-refractivity contribution in [2.75, 3.05) is 5.32 Å². The summed E-state index contributed by atoms with van der Waals surface area (Å²) in [6, 6.07) is 9.91. The van der Waals surface area contributed by atoms with Crippen molar-refractivity contribution in [3.05, 3.63) is 54.0 Å². The fourth-order valence-corrected chi connectivity index (χ4v) is 5.48. The van der Waals surface area contributed by atoms with Gasteiger partial charge in [-0.25, -0.2) is 15.1 Å². The van der Waals surface area contributed by atoms with Crippen molar-refractivity contribution < 1.29 is 13.5 Å². The van der Waals surface area contributed by atoms with Gasteiger partial charge >= 0.3 is 0 Å². The molecule has 0 spiro atoms. The molecule has 1 aromatic carbocycles. The first-order valence-electron chi connectivity index (χ1n) is 10.0. The van der Waals surface area contributed by atoms with E-state index in [0.29, 0.717) is 12.8 Å². The minimum absolute atomic E-state index is 0.0910. The van der Waals surface area contributed by atoms with E-state index in [1.165, 1.54) is 17.5 Å². The molecule has 1 fully saturated rings. The van der Waals surface area contributed by atoms with Crippen LogP contribution in [0.2, 0.25) is 0 Å². The van der Waals surface area contributed by atoms with Gasteiger partial charge in [-0.3, -0.25) is 0 Å². The van der Waals surface area contributed by atoms with Gasteiger partial charge in [-0.1, -0.05) is 24.3 Å². The average molecular weight is 429 g/mol. The minimum atomic E-state index is -3.87. The highest BCUT2D eigenvalue weighted by Gasteiger charge is 2.36. The third-order valence-electron chi connectivity index (χ3n) is 6.17. The van der Waals surface area contributed by atoms with Gasteiger partial charge in [0.15, 0.2) is 0 Å². The van der Waals surface area contributed by atoms with Crippen molar-refractivity contribution in [2.45, 2.75) is 49.9 Å². The van der Waals surface area contributed by atoms with E-state index < -0.39 is 22.4 Å². The van der Waals surface area contributed by atoms with Crippen LogP contribution < -0.4 is 15.2 Å². The molecule has 2 aliphatic rings. The Morgan fingerprint density at radius 1 is 1.17 bits per heavy atom. The van der Waals surface area contributed by atoms with Gasteiger partial charge < -0.3 is 15.0 Å². The average Bonchev–Trinajstić information content (AvgIpc) is 3.39. The summed E-state index contributed by atoms with van der Waals surface area (Å²) in [4.78, 5) is 8.93. The van der Waals surface area contributed by atoms with Crippen molar-refractivity contribution in [2.24, 2.45) is 5.14 Å². The van der Waals surface area contributed by atoms with E-state index in [9.17, 15) is 13.5 Å². The zero-order chi connectivity index (χ0) is 20.9. The van der Waals surface area contributed by atoms with Gasteiger partial charge in [0.25, 0.3) is 10.2 Å². The molecule has 0 bridgehead atoms. The van der Waals surface area contributed by atoms with Gasteiger partial charge in [-0.05, 0) is 42.9 Å². The van der Waals surface area contributed by atoms with Crippen LogP contribution >= 0.6 is 0 Å². The maximum Gasteiger partial charge on any atom is 0.274 e. The van der Waals surface area contributed by atoms with Crippen molar-refractivity contribution in [3.63, 3.8) is 0 Å². The topological polar surface area (TPSA) is 135 Å². The second kappa shape index (κ2) is 7.31. The Morgan fingerprint density at radius 3 is 2.83 bits per heavy atom. The van der Waals surface area contributed by atoms with Gasteiger partial charge in [-0.15, -0.1) is 0 Å². The van der Waals surface area contributed by atoms with E-state index >= 15 is 0 Å². The van der Waals surface area contributed by atoms with E-state index in [4.69, 9.17) is 5.14 Å². The number of nitrogens with two attached hydrogens (primary N) is 1. The Labute approximate surface area is 174 Å². The van der Waals surface area contributed by atoms with E-state index in [1.54, 1.807) is 0 Å². The summed E-state index contributed by atoms with van der Waals surface area (Å²) in [6.07, 6.45) is 5.56. The molecule has 2 aromatic heterocycles. The summed E-state index contributed by atoms with van der Waals surface area (Å²) in [5.41, 5.74) is 3.43. The van der Waals surface area contributed by atoms with Gasteiger partial charge in [0.1, 0.15) is 17.8 Å². The van der Waals surface area contributed by atoms with Crippen LogP contribution in [0.5, 0.6) is 0 Å². The molecule has 0 amide bonds. The molecule has 4 atom stereocenters. The van der Waals surface area contributed by atoms with Crippen LogP contribution in [0.15, 0.2) is 42.9 Å². The lowest BCUT2D eigenvalue weighted by atomic mass is 10.1. The number of nitrogens with zero attached hydrogens (tertiary/aromatic N) is 3. The molecule has 158 valence electrons. The number of anilines is 1. The van der Waals surface area contributed by atoms with Crippen molar-refractivity contribution >= 4 is 27.1 Å². The SMILES string of the molecule is NS(=O)(=O)N[C@H]1C[C@@H](n2ccc3c(N[C@H]4CCc5ccccc54)ncnc32)C[C@H]1O. The third kappa shape index (κ3) is 3.56. The summed E-state index contributed by atoms with van der Waals surface area (Å²) < 4.78 is 27.0. The van der Waals surface area contributed by atoms with Crippen LogP contribution in [0.25, 0.3) is 11.0 Å². The molecule has 5 N–H and O–H groups in total. The summed E-state index contributed by atoms with van der Waals surface area (Å²) >= 11 is 0. The lowest BCUT2D eigenvalue weighted by Gasteiger charge is -2.16. The van der Waals surface area contributed by atoms with E-state index in [2.05, 4.69) is 44.3 Å². The van der Waals surface area contributed by atoms with Crippen LogP contribution in [0.4, 0.5) is 5.82 Å². The molecule has 2 heterocycles. The molecule has 1 saturated carbocycles. The number of rotatable bonds is 5. The molecule has 0 unspecified atom stereocenters. The molecule has 30 heavy (non-hydrogen) atoms. The monoisotopic (exact) mass is 428 g/mol. The number of fused-ring (bicyclic) bond motifs is 2. The Balaban J connectivity index is 1.41. The van der Waals surface area contributed by atoms with Gasteiger partial charge in [-0.2, -0.15) is 13.1 Å². The summed E-state index contributed by atoms with van der Waals surface area (Å²) in [7, 11) is -3.87. The molecule has 0 saturated heterocycles. The predicted molar refractivity (Wildman–Crippen MR) is 113 cm³/mol. The number of aliphatic hydroxyl groups excluding tert-OH is 1. The number of aliphatic hydroxyl groups is 1. The normalized spacial score (nSPS) is 26.2. The molecule has 2 aliphatic carbocycles. The van der Waals surface area contributed by atoms with Crippen molar-refractivity contribution in [1.29, 1.82) is 0 Å². The molecule has 0 radical (unpaired) electrons. The number of hydrogen-bond donors (Lipinski definition) is 4. The van der Waals surface area contributed by atoms with Crippen LogP contribution in [-0.2, 0) is 16.6 Å². The lowest BCUT2D eigenvalue weighted by molar-refractivity contribution is 0.156. The maximum atomic E-state index is 11.4. The van der Waals surface area contributed by atoms with E-state index in [-0.39, 0.29) is 12.1 Å². The standard InChI is InChI=1S/C20H24N6O3S/c21-30(28,29)25-17-9-13(10-18(17)27)26-8-7-15-19(22-11-23-20(15)26)24-16-6-5-12-3-1-2-4-14(12)16/h1-4,7-8,11,13,16-18,25,27H,5-6,9-10H2,(H2,21,28,29)(H,22,23,24)/t13-,16+,17+,18-/m1/s1. The Hall–Kier alpha value is -2.53. The maximum absolute atomic E-state index is 11.4. The number of nitrogens with one attached hydrogen (secondary N) is 2.